The second-order valence-electron chi connectivity index (χ2n) is 5.90. The van der Waals surface area contributed by atoms with Crippen molar-refractivity contribution in [1.82, 2.24) is 0 Å². The number of rotatable bonds is 1. The molecule has 1 nitrogen and oxygen atoms in total. The average molecular weight is 229 g/mol. The van der Waals surface area contributed by atoms with E-state index in [1.807, 2.05) is 0 Å². The summed E-state index contributed by atoms with van der Waals surface area (Å²) in [5, 5.41) is 3.50. The van der Waals surface area contributed by atoms with Crippen LogP contribution in [0.25, 0.3) is 0 Å². The van der Waals surface area contributed by atoms with E-state index >= 15 is 0 Å². The molecule has 1 fully saturated rings. The zero-order chi connectivity index (χ0) is 11.7. The van der Waals surface area contributed by atoms with Crippen LogP contribution in [0.4, 0.5) is 5.69 Å². The molecule has 0 aromatic heterocycles. The average Bonchev–Trinajstić information content (AvgIpc) is 2.39. The highest BCUT2D eigenvalue weighted by molar-refractivity contribution is 5.54. The lowest BCUT2D eigenvalue weighted by atomic mass is 9.79. The molecule has 0 atom stereocenters. The Balaban J connectivity index is 1.79. The van der Waals surface area contributed by atoms with Gasteiger partial charge in [-0.25, -0.2) is 0 Å². The van der Waals surface area contributed by atoms with Gasteiger partial charge in [-0.3, -0.25) is 0 Å². The van der Waals surface area contributed by atoms with Gasteiger partial charge in [0.25, 0.3) is 0 Å². The van der Waals surface area contributed by atoms with Crippen LogP contribution in [0.2, 0.25) is 0 Å². The second-order valence-corrected chi connectivity index (χ2v) is 5.90. The largest absolute Gasteiger partial charge is 0.385 e. The molecule has 17 heavy (non-hydrogen) atoms. The summed E-state index contributed by atoms with van der Waals surface area (Å²) in [6.07, 6.45) is 8.18. The third-order valence-electron chi connectivity index (χ3n) is 4.55. The van der Waals surface area contributed by atoms with Gasteiger partial charge >= 0.3 is 0 Å². The lowest BCUT2D eigenvalue weighted by Crippen LogP contribution is -2.14. The first-order valence-electron chi connectivity index (χ1n) is 7.19. The van der Waals surface area contributed by atoms with Crippen LogP contribution < -0.4 is 5.32 Å². The fourth-order valence-electron chi connectivity index (χ4n) is 3.34. The lowest BCUT2D eigenvalue weighted by Gasteiger charge is -2.28. The molecule has 3 rings (SSSR count). The molecule has 0 spiro atoms. The Kier molecular flexibility index (Phi) is 3.09. The van der Waals surface area contributed by atoms with Crippen molar-refractivity contribution in [3.63, 3.8) is 0 Å². The number of hydrogen-bond acceptors (Lipinski definition) is 1. The number of fused-ring (bicyclic) bond motifs is 1. The summed E-state index contributed by atoms with van der Waals surface area (Å²) in [5.74, 6) is 1.78. The van der Waals surface area contributed by atoms with Crippen LogP contribution >= 0.6 is 0 Å². The minimum atomic E-state index is 0.832. The number of aryl methyl sites for hydroxylation is 1. The Hall–Kier alpha value is -0.980. The number of benzene rings is 1. The molecular formula is C16H23N. The predicted molar refractivity (Wildman–Crippen MR) is 73.6 cm³/mol. The fourth-order valence-corrected chi connectivity index (χ4v) is 3.34. The quantitative estimate of drug-likeness (QED) is 0.755. The van der Waals surface area contributed by atoms with Crippen LogP contribution in [-0.4, -0.2) is 6.54 Å². The SMILES string of the molecule is CC1CCC(c2ccc3c(c2)CCCN3)CC1. The summed E-state index contributed by atoms with van der Waals surface area (Å²) in [7, 11) is 0. The molecule has 92 valence electrons. The molecule has 0 unspecified atom stereocenters. The zero-order valence-electron chi connectivity index (χ0n) is 10.8. The van der Waals surface area contributed by atoms with Crippen molar-refractivity contribution < 1.29 is 0 Å². The molecule has 0 amide bonds. The number of anilines is 1. The summed E-state index contributed by atoms with van der Waals surface area (Å²) in [5.41, 5.74) is 4.52. The van der Waals surface area contributed by atoms with Crippen LogP contribution in [-0.2, 0) is 6.42 Å². The van der Waals surface area contributed by atoms with Crippen molar-refractivity contribution >= 4 is 5.69 Å². The highest BCUT2D eigenvalue weighted by atomic mass is 14.9. The Bertz CT molecular complexity index is 389. The van der Waals surface area contributed by atoms with Crippen molar-refractivity contribution in [2.24, 2.45) is 5.92 Å². The Morgan fingerprint density at radius 1 is 1.12 bits per heavy atom. The summed E-state index contributed by atoms with van der Waals surface area (Å²) in [6, 6.07) is 7.14. The summed E-state index contributed by atoms with van der Waals surface area (Å²) < 4.78 is 0. The normalized spacial score (nSPS) is 28.3. The molecule has 1 aliphatic carbocycles. The third-order valence-corrected chi connectivity index (χ3v) is 4.55. The van der Waals surface area contributed by atoms with Gasteiger partial charge in [0.2, 0.25) is 0 Å². The smallest absolute Gasteiger partial charge is 0.0372 e. The highest BCUT2D eigenvalue weighted by Crippen LogP contribution is 2.37. The van der Waals surface area contributed by atoms with Gasteiger partial charge in [-0.1, -0.05) is 31.9 Å². The van der Waals surface area contributed by atoms with Crippen LogP contribution in [0, 0.1) is 5.92 Å². The maximum absolute atomic E-state index is 3.50. The van der Waals surface area contributed by atoms with Gasteiger partial charge in [-0.05, 0) is 54.7 Å². The summed E-state index contributed by atoms with van der Waals surface area (Å²) in [6.45, 7) is 3.54. The molecule has 0 bridgehead atoms. The summed E-state index contributed by atoms with van der Waals surface area (Å²) in [4.78, 5) is 0. The zero-order valence-corrected chi connectivity index (χ0v) is 10.8. The van der Waals surface area contributed by atoms with Crippen molar-refractivity contribution in [3.8, 4) is 0 Å². The van der Waals surface area contributed by atoms with Crippen molar-refractivity contribution in [3.05, 3.63) is 29.3 Å². The molecule has 1 N–H and O–H groups in total. The number of hydrogen-bond donors (Lipinski definition) is 1. The van der Waals surface area contributed by atoms with Crippen LogP contribution in [0.3, 0.4) is 0 Å². The van der Waals surface area contributed by atoms with Crippen LogP contribution in [0.5, 0.6) is 0 Å². The van der Waals surface area contributed by atoms with Crippen molar-refractivity contribution in [2.75, 3.05) is 11.9 Å². The molecule has 1 saturated carbocycles. The molecule has 0 radical (unpaired) electrons. The van der Waals surface area contributed by atoms with E-state index in [1.165, 1.54) is 44.2 Å². The van der Waals surface area contributed by atoms with E-state index in [0.717, 1.165) is 18.4 Å². The maximum atomic E-state index is 3.50. The Morgan fingerprint density at radius 3 is 2.76 bits per heavy atom. The highest BCUT2D eigenvalue weighted by Gasteiger charge is 2.20. The van der Waals surface area contributed by atoms with Crippen molar-refractivity contribution in [2.45, 2.75) is 51.4 Å². The minimum Gasteiger partial charge on any atom is -0.385 e. The van der Waals surface area contributed by atoms with E-state index < -0.39 is 0 Å². The first-order chi connectivity index (χ1) is 8.33. The van der Waals surface area contributed by atoms with E-state index in [1.54, 1.807) is 11.1 Å². The van der Waals surface area contributed by atoms with Gasteiger partial charge in [0.15, 0.2) is 0 Å². The third kappa shape index (κ3) is 2.34. The molecule has 1 aliphatic heterocycles. The van der Waals surface area contributed by atoms with Crippen LogP contribution in [0.1, 0.15) is 56.1 Å². The predicted octanol–water partition coefficient (Wildman–Crippen LogP) is 4.34. The van der Waals surface area contributed by atoms with Crippen LogP contribution in [0.15, 0.2) is 18.2 Å². The Morgan fingerprint density at radius 2 is 1.94 bits per heavy atom. The van der Waals surface area contributed by atoms with Gasteiger partial charge in [0, 0.05) is 12.2 Å². The monoisotopic (exact) mass is 229 g/mol. The van der Waals surface area contributed by atoms with E-state index in [0.29, 0.717) is 0 Å². The Labute approximate surface area is 105 Å². The maximum Gasteiger partial charge on any atom is 0.0372 e. The van der Waals surface area contributed by atoms with E-state index in [2.05, 4.69) is 30.4 Å². The first-order valence-corrected chi connectivity index (χ1v) is 7.19. The van der Waals surface area contributed by atoms with E-state index in [4.69, 9.17) is 0 Å². The van der Waals surface area contributed by atoms with Crippen molar-refractivity contribution in [1.29, 1.82) is 0 Å². The topological polar surface area (TPSA) is 12.0 Å². The minimum absolute atomic E-state index is 0.832. The molecular weight excluding hydrogens is 206 g/mol. The molecule has 1 heterocycles. The van der Waals surface area contributed by atoms with Gasteiger partial charge in [0.1, 0.15) is 0 Å². The summed E-state index contributed by atoms with van der Waals surface area (Å²) >= 11 is 0. The molecule has 0 saturated heterocycles. The molecule has 1 aromatic carbocycles. The lowest BCUT2D eigenvalue weighted by molar-refractivity contribution is 0.348. The van der Waals surface area contributed by atoms with Gasteiger partial charge in [0.05, 0.1) is 0 Å². The molecule has 1 heteroatoms. The number of nitrogens with one attached hydrogen (secondary N) is 1. The standard InChI is InChI=1S/C16H23N/c1-12-4-6-13(7-5-12)14-8-9-16-15(11-14)3-2-10-17-16/h8-9,11-13,17H,2-7,10H2,1H3. The first kappa shape index (κ1) is 11.1. The molecule has 1 aromatic rings. The van der Waals surface area contributed by atoms with Gasteiger partial charge < -0.3 is 5.32 Å². The molecule has 2 aliphatic rings. The van der Waals surface area contributed by atoms with Gasteiger partial charge in [-0.15, -0.1) is 0 Å². The van der Waals surface area contributed by atoms with E-state index in [-0.39, 0.29) is 0 Å². The second kappa shape index (κ2) is 4.72. The van der Waals surface area contributed by atoms with E-state index in [9.17, 15) is 0 Å². The fraction of sp³-hybridized carbons (Fsp3) is 0.625. The van der Waals surface area contributed by atoms with Gasteiger partial charge in [-0.2, -0.15) is 0 Å².